The molecule has 1 aromatic heterocycles. The van der Waals surface area contributed by atoms with Crippen molar-refractivity contribution in [2.24, 2.45) is 0 Å². The first-order valence-corrected chi connectivity index (χ1v) is 8.34. The Morgan fingerprint density at radius 3 is 2.56 bits per heavy atom. The Balaban J connectivity index is 2.18. The largest absolute Gasteiger partial charge is 0.493 e. The fourth-order valence-corrected chi connectivity index (χ4v) is 2.94. The molecule has 0 amide bonds. The predicted octanol–water partition coefficient (Wildman–Crippen LogP) is 4.39. The standard InChI is InChI=1S/C20H21N3O2/c1-4-5-10-23-17-8-6-14(13-21)11-16(17)22-20(23)15-7-9-18(24-2)19(12-15)25-3/h6-9,11-12H,4-5,10H2,1-3H3. The molecule has 0 saturated carbocycles. The first-order valence-electron chi connectivity index (χ1n) is 8.34. The molecule has 25 heavy (non-hydrogen) atoms. The summed E-state index contributed by atoms with van der Waals surface area (Å²) in [5, 5.41) is 9.14. The average Bonchev–Trinajstić information content (AvgIpc) is 3.03. The molecule has 3 aromatic rings. The van der Waals surface area contributed by atoms with Crippen LogP contribution >= 0.6 is 0 Å². The maximum atomic E-state index is 9.14. The third-order valence-corrected chi connectivity index (χ3v) is 4.25. The van der Waals surface area contributed by atoms with Crippen LogP contribution in [0.15, 0.2) is 36.4 Å². The van der Waals surface area contributed by atoms with E-state index in [1.165, 1.54) is 0 Å². The normalized spacial score (nSPS) is 10.6. The van der Waals surface area contributed by atoms with E-state index in [1.54, 1.807) is 14.2 Å². The molecule has 128 valence electrons. The quantitative estimate of drug-likeness (QED) is 0.670. The number of imidazole rings is 1. The molecule has 0 radical (unpaired) electrons. The summed E-state index contributed by atoms with van der Waals surface area (Å²) in [6, 6.07) is 13.6. The minimum absolute atomic E-state index is 0.617. The number of aryl methyl sites for hydroxylation is 1. The molecule has 2 aromatic carbocycles. The van der Waals surface area contributed by atoms with Crippen molar-refractivity contribution in [1.82, 2.24) is 9.55 Å². The van der Waals surface area contributed by atoms with Crippen LogP contribution in [0.25, 0.3) is 22.4 Å². The topological polar surface area (TPSA) is 60.1 Å². The summed E-state index contributed by atoms with van der Waals surface area (Å²) in [6.45, 7) is 3.05. The van der Waals surface area contributed by atoms with Crippen molar-refractivity contribution in [3.63, 3.8) is 0 Å². The van der Waals surface area contributed by atoms with E-state index in [2.05, 4.69) is 17.6 Å². The van der Waals surface area contributed by atoms with E-state index < -0.39 is 0 Å². The lowest BCUT2D eigenvalue weighted by atomic mass is 10.2. The number of benzene rings is 2. The monoisotopic (exact) mass is 335 g/mol. The van der Waals surface area contributed by atoms with Gasteiger partial charge in [0.1, 0.15) is 5.82 Å². The molecule has 0 bridgehead atoms. The Bertz CT molecular complexity index is 938. The average molecular weight is 335 g/mol. The van der Waals surface area contributed by atoms with Gasteiger partial charge in [-0.2, -0.15) is 5.26 Å². The van der Waals surface area contributed by atoms with Crippen molar-refractivity contribution in [1.29, 1.82) is 5.26 Å². The van der Waals surface area contributed by atoms with Crippen LogP contribution in [0.3, 0.4) is 0 Å². The summed E-state index contributed by atoms with van der Waals surface area (Å²) < 4.78 is 13.0. The van der Waals surface area contributed by atoms with Crippen molar-refractivity contribution < 1.29 is 9.47 Å². The number of aromatic nitrogens is 2. The van der Waals surface area contributed by atoms with Crippen molar-refractivity contribution in [2.75, 3.05) is 14.2 Å². The summed E-state index contributed by atoms with van der Waals surface area (Å²) in [6.07, 6.45) is 2.16. The Labute approximate surface area is 147 Å². The fourth-order valence-electron chi connectivity index (χ4n) is 2.94. The Kier molecular flexibility index (Phi) is 4.90. The summed E-state index contributed by atoms with van der Waals surface area (Å²) >= 11 is 0. The third-order valence-electron chi connectivity index (χ3n) is 4.25. The number of methoxy groups -OCH3 is 2. The molecular formula is C20H21N3O2. The van der Waals surface area contributed by atoms with Crippen molar-refractivity contribution in [3.8, 4) is 29.0 Å². The highest BCUT2D eigenvalue weighted by molar-refractivity contribution is 5.82. The Morgan fingerprint density at radius 1 is 1.08 bits per heavy atom. The number of fused-ring (bicyclic) bond motifs is 1. The van der Waals surface area contributed by atoms with Crippen LogP contribution < -0.4 is 9.47 Å². The van der Waals surface area contributed by atoms with Crippen LogP contribution in [-0.4, -0.2) is 23.8 Å². The number of hydrogen-bond donors (Lipinski definition) is 0. The van der Waals surface area contributed by atoms with Crippen molar-refractivity contribution in [3.05, 3.63) is 42.0 Å². The van der Waals surface area contributed by atoms with Crippen LogP contribution in [0.4, 0.5) is 0 Å². The maximum Gasteiger partial charge on any atom is 0.161 e. The smallest absolute Gasteiger partial charge is 0.161 e. The van der Waals surface area contributed by atoms with Gasteiger partial charge in [0.05, 0.1) is 36.9 Å². The predicted molar refractivity (Wildman–Crippen MR) is 97.9 cm³/mol. The molecule has 0 spiro atoms. The summed E-state index contributed by atoms with van der Waals surface area (Å²) in [5.41, 5.74) is 3.45. The van der Waals surface area contributed by atoms with E-state index in [9.17, 15) is 0 Å². The first-order chi connectivity index (χ1) is 12.2. The highest BCUT2D eigenvalue weighted by Gasteiger charge is 2.15. The molecular weight excluding hydrogens is 314 g/mol. The first kappa shape index (κ1) is 16.8. The molecule has 0 saturated heterocycles. The van der Waals surface area contributed by atoms with Gasteiger partial charge in [-0.1, -0.05) is 13.3 Å². The number of rotatable bonds is 6. The summed E-state index contributed by atoms with van der Waals surface area (Å²) in [7, 11) is 3.25. The second kappa shape index (κ2) is 7.27. The van der Waals surface area contributed by atoms with E-state index in [-0.39, 0.29) is 0 Å². The van der Waals surface area contributed by atoms with Gasteiger partial charge < -0.3 is 14.0 Å². The number of nitriles is 1. The van der Waals surface area contributed by atoms with Gasteiger partial charge in [0.15, 0.2) is 11.5 Å². The van der Waals surface area contributed by atoms with Gasteiger partial charge >= 0.3 is 0 Å². The van der Waals surface area contributed by atoms with Crippen LogP contribution in [0, 0.1) is 11.3 Å². The highest BCUT2D eigenvalue weighted by atomic mass is 16.5. The van der Waals surface area contributed by atoms with Gasteiger partial charge in [-0.3, -0.25) is 0 Å². The maximum absolute atomic E-state index is 9.14. The molecule has 0 aliphatic carbocycles. The minimum atomic E-state index is 0.617. The van der Waals surface area contributed by atoms with Crippen molar-refractivity contribution in [2.45, 2.75) is 26.3 Å². The lowest BCUT2D eigenvalue weighted by Gasteiger charge is -2.11. The Hall–Kier alpha value is -3.00. The molecule has 0 atom stereocenters. The van der Waals surface area contributed by atoms with E-state index >= 15 is 0 Å². The van der Waals surface area contributed by atoms with Gasteiger partial charge in [-0.15, -0.1) is 0 Å². The van der Waals surface area contributed by atoms with E-state index in [4.69, 9.17) is 19.7 Å². The van der Waals surface area contributed by atoms with Gasteiger partial charge in [0.25, 0.3) is 0 Å². The molecule has 0 aliphatic heterocycles. The molecule has 0 unspecified atom stereocenters. The zero-order valence-corrected chi connectivity index (χ0v) is 14.7. The lowest BCUT2D eigenvalue weighted by molar-refractivity contribution is 0.355. The number of hydrogen-bond acceptors (Lipinski definition) is 4. The third kappa shape index (κ3) is 3.16. The number of unbranched alkanes of at least 4 members (excludes halogenated alkanes) is 1. The highest BCUT2D eigenvalue weighted by Crippen LogP contribution is 2.33. The SMILES string of the molecule is CCCCn1c(-c2ccc(OC)c(OC)c2)nc2cc(C#N)ccc21. The molecule has 0 aliphatic rings. The number of ether oxygens (including phenoxy) is 2. The Morgan fingerprint density at radius 2 is 1.88 bits per heavy atom. The van der Waals surface area contributed by atoms with Crippen LogP contribution in [0.1, 0.15) is 25.3 Å². The van der Waals surface area contributed by atoms with E-state index in [0.29, 0.717) is 17.1 Å². The van der Waals surface area contributed by atoms with E-state index in [1.807, 2.05) is 36.4 Å². The minimum Gasteiger partial charge on any atom is -0.493 e. The lowest BCUT2D eigenvalue weighted by Crippen LogP contribution is -2.01. The molecule has 0 N–H and O–H groups in total. The van der Waals surface area contributed by atoms with Gasteiger partial charge in [-0.25, -0.2) is 4.98 Å². The molecule has 5 nitrogen and oxygen atoms in total. The summed E-state index contributed by atoms with van der Waals surface area (Å²) in [4.78, 5) is 4.79. The van der Waals surface area contributed by atoms with Gasteiger partial charge in [0.2, 0.25) is 0 Å². The zero-order valence-electron chi connectivity index (χ0n) is 14.7. The van der Waals surface area contributed by atoms with Crippen LogP contribution in [-0.2, 0) is 6.54 Å². The zero-order chi connectivity index (χ0) is 17.8. The molecule has 3 rings (SSSR count). The molecule has 5 heteroatoms. The fraction of sp³-hybridized carbons (Fsp3) is 0.300. The van der Waals surface area contributed by atoms with Gasteiger partial charge in [0, 0.05) is 12.1 Å². The second-order valence-corrected chi connectivity index (χ2v) is 5.83. The van der Waals surface area contributed by atoms with Crippen LogP contribution in [0.2, 0.25) is 0 Å². The molecule has 1 heterocycles. The van der Waals surface area contributed by atoms with Crippen molar-refractivity contribution >= 4 is 11.0 Å². The summed E-state index contributed by atoms with van der Waals surface area (Å²) in [5.74, 6) is 2.24. The molecule has 0 fully saturated rings. The van der Waals surface area contributed by atoms with Crippen LogP contribution in [0.5, 0.6) is 11.5 Å². The second-order valence-electron chi connectivity index (χ2n) is 5.83. The van der Waals surface area contributed by atoms with E-state index in [0.717, 1.165) is 41.8 Å². The van der Waals surface area contributed by atoms with Gasteiger partial charge in [-0.05, 0) is 42.8 Å². The number of nitrogens with zero attached hydrogens (tertiary/aromatic N) is 3.